The summed E-state index contributed by atoms with van der Waals surface area (Å²) in [6.45, 7) is 0.757. The summed E-state index contributed by atoms with van der Waals surface area (Å²) in [5, 5.41) is 6.04. The van der Waals surface area contributed by atoms with Crippen LogP contribution < -0.4 is 5.73 Å². The summed E-state index contributed by atoms with van der Waals surface area (Å²) in [6.07, 6.45) is 4.88. The zero-order valence-corrected chi connectivity index (χ0v) is 10.6. The fourth-order valence-electron chi connectivity index (χ4n) is 1.63. The SMILES string of the molecule is NCCCCCc1nc(Cc2cccs2)no1. The molecule has 92 valence electrons. The molecule has 4 nitrogen and oxygen atoms in total. The molecule has 0 radical (unpaired) electrons. The van der Waals surface area contributed by atoms with Crippen molar-refractivity contribution in [2.45, 2.75) is 32.1 Å². The maximum Gasteiger partial charge on any atom is 0.226 e. The Hall–Kier alpha value is -1.20. The van der Waals surface area contributed by atoms with Crippen molar-refractivity contribution in [1.82, 2.24) is 10.1 Å². The minimum absolute atomic E-state index is 0.744. The van der Waals surface area contributed by atoms with Crippen molar-refractivity contribution in [3.05, 3.63) is 34.1 Å². The monoisotopic (exact) mass is 251 g/mol. The molecule has 2 rings (SSSR count). The summed E-state index contributed by atoms with van der Waals surface area (Å²) in [4.78, 5) is 5.64. The third-order valence-corrected chi connectivity index (χ3v) is 3.39. The van der Waals surface area contributed by atoms with Crippen molar-refractivity contribution in [1.29, 1.82) is 0 Å². The number of rotatable bonds is 7. The zero-order valence-electron chi connectivity index (χ0n) is 9.76. The number of hydrogen-bond donors (Lipinski definition) is 1. The average molecular weight is 251 g/mol. The Morgan fingerprint density at radius 2 is 2.24 bits per heavy atom. The van der Waals surface area contributed by atoms with Gasteiger partial charge in [0, 0.05) is 17.7 Å². The van der Waals surface area contributed by atoms with Crippen molar-refractivity contribution in [3.8, 4) is 0 Å². The molecule has 0 aromatic carbocycles. The molecule has 2 N–H and O–H groups in total. The Labute approximate surface area is 105 Å². The van der Waals surface area contributed by atoms with E-state index >= 15 is 0 Å². The molecular formula is C12H17N3OS. The second-order valence-corrected chi connectivity index (χ2v) is 4.99. The first-order valence-corrected chi connectivity index (χ1v) is 6.80. The summed E-state index contributed by atoms with van der Waals surface area (Å²) >= 11 is 1.72. The van der Waals surface area contributed by atoms with Crippen LogP contribution in [0.15, 0.2) is 22.0 Å². The van der Waals surface area contributed by atoms with Crippen LogP contribution in [0, 0.1) is 0 Å². The van der Waals surface area contributed by atoms with E-state index in [-0.39, 0.29) is 0 Å². The lowest BCUT2D eigenvalue weighted by Crippen LogP contribution is -1.98. The van der Waals surface area contributed by atoms with Gasteiger partial charge in [-0.2, -0.15) is 4.98 Å². The first kappa shape index (κ1) is 12.3. The van der Waals surface area contributed by atoms with Gasteiger partial charge in [-0.05, 0) is 30.8 Å². The predicted molar refractivity (Wildman–Crippen MR) is 68.0 cm³/mol. The normalized spacial score (nSPS) is 10.9. The zero-order chi connectivity index (χ0) is 11.9. The summed E-state index contributed by atoms with van der Waals surface area (Å²) in [7, 11) is 0. The smallest absolute Gasteiger partial charge is 0.226 e. The van der Waals surface area contributed by atoms with Crippen LogP contribution in [0.2, 0.25) is 0 Å². The molecule has 0 aliphatic carbocycles. The number of thiophene rings is 1. The largest absolute Gasteiger partial charge is 0.339 e. The molecule has 5 heteroatoms. The number of unbranched alkanes of at least 4 members (excludes halogenated alkanes) is 2. The Morgan fingerprint density at radius 3 is 3.00 bits per heavy atom. The number of aromatic nitrogens is 2. The second kappa shape index (κ2) is 6.51. The van der Waals surface area contributed by atoms with Gasteiger partial charge in [-0.25, -0.2) is 0 Å². The van der Waals surface area contributed by atoms with Gasteiger partial charge in [0.25, 0.3) is 0 Å². The van der Waals surface area contributed by atoms with E-state index in [0.29, 0.717) is 0 Å². The Morgan fingerprint density at radius 1 is 1.29 bits per heavy atom. The topological polar surface area (TPSA) is 64.9 Å². The van der Waals surface area contributed by atoms with Gasteiger partial charge in [0.15, 0.2) is 5.82 Å². The summed E-state index contributed by atoms with van der Waals surface area (Å²) in [6, 6.07) is 4.12. The summed E-state index contributed by atoms with van der Waals surface area (Å²) < 4.78 is 5.21. The van der Waals surface area contributed by atoms with Gasteiger partial charge >= 0.3 is 0 Å². The Bertz CT molecular complexity index is 425. The first-order chi connectivity index (χ1) is 8.38. The number of aryl methyl sites for hydroxylation is 1. The molecule has 0 bridgehead atoms. The maximum atomic E-state index is 5.44. The van der Waals surface area contributed by atoms with Crippen molar-refractivity contribution in [2.24, 2.45) is 5.73 Å². The molecule has 0 amide bonds. The van der Waals surface area contributed by atoms with Gasteiger partial charge in [-0.3, -0.25) is 0 Å². The van der Waals surface area contributed by atoms with E-state index in [0.717, 1.165) is 50.4 Å². The van der Waals surface area contributed by atoms with Crippen molar-refractivity contribution < 1.29 is 4.52 Å². The van der Waals surface area contributed by atoms with E-state index in [4.69, 9.17) is 10.3 Å². The molecule has 0 fully saturated rings. The van der Waals surface area contributed by atoms with Crippen LogP contribution in [0.4, 0.5) is 0 Å². The molecule has 0 spiro atoms. The molecule has 0 atom stereocenters. The quantitative estimate of drug-likeness (QED) is 0.767. The number of hydrogen-bond acceptors (Lipinski definition) is 5. The maximum absolute atomic E-state index is 5.44. The van der Waals surface area contributed by atoms with Crippen molar-refractivity contribution in [3.63, 3.8) is 0 Å². The van der Waals surface area contributed by atoms with Crippen molar-refractivity contribution in [2.75, 3.05) is 6.54 Å². The van der Waals surface area contributed by atoms with Crippen LogP contribution in [-0.4, -0.2) is 16.7 Å². The Balaban J connectivity index is 1.79. The molecule has 2 heterocycles. The van der Waals surface area contributed by atoms with Crippen LogP contribution in [0.3, 0.4) is 0 Å². The van der Waals surface area contributed by atoms with Crippen LogP contribution in [0.25, 0.3) is 0 Å². The van der Waals surface area contributed by atoms with E-state index < -0.39 is 0 Å². The van der Waals surface area contributed by atoms with E-state index in [9.17, 15) is 0 Å². The van der Waals surface area contributed by atoms with Crippen molar-refractivity contribution >= 4 is 11.3 Å². The van der Waals surface area contributed by atoms with Crippen LogP contribution in [0.1, 0.15) is 35.9 Å². The van der Waals surface area contributed by atoms with E-state index in [2.05, 4.69) is 21.6 Å². The minimum atomic E-state index is 0.744. The predicted octanol–water partition coefficient (Wildman–Crippen LogP) is 2.39. The van der Waals surface area contributed by atoms with Gasteiger partial charge in [0.05, 0.1) is 0 Å². The molecule has 0 saturated carbocycles. The van der Waals surface area contributed by atoms with Crippen LogP contribution >= 0.6 is 11.3 Å². The highest BCUT2D eigenvalue weighted by molar-refractivity contribution is 7.09. The highest BCUT2D eigenvalue weighted by atomic mass is 32.1. The third-order valence-electron chi connectivity index (χ3n) is 2.52. The molecule has 2 aromatic heterocycles. The standard InChI is InChI=1S/C12H17N3OS/c13-7-3-1-2-6-12-14-11(15-16-12)9-10-5-4-8-17-10/h4-5,8H,1-3,6-7,9,13H2. The lowest BCUT2D eigenvalue weighted by atomic mass is 10.2. The molecule has 0 saturated heterocycles. The van der Waals surface area contributed by atoms with Gasteiger partial charge in [0.1, 0.15) is 0 Å². The fraction of sp³-hybridized carbons (Fsp3) is 0.500. The average Bonchev–Trinajstić information content (AvgIpc) is 2.97. The van der Waals surface area contributed by atoms with Crippen LogP contribution in [-0.2, 0) is 12.8 Å². The van der Waals surface area contributed by atoms with Gasteiger partial charge in [-0.1, -0.05) is 17.6 Å². The second-order valence-electron chi connectivity index (χ2n) is 3.96. The number of nitrogens with zero attached hydrogens (tertiary/aromatic N) is 2. The third kappa shape index (κ3) is 3.94. The van der Waals surface area contributed by atoms with Gasteiger partial charge in [-0.15, -0.1) is 11.3 Å². The summed E-state index contributed by atoms with van der Waals surface area (Å²) in [5.74, 6) is 1.52. The van der Waals surface area contributed by atoms with Gasteiger partial charge in [0.2, 0.25) is 5.89 Å². The van der Waals surface area contributed by atoms with E-state index in [1.54, 1.807) is 11.3 Å². The van der Waals surface area contributed by atoms with E-state index in [1.807, 2.05) is 6.07 Å². The molecule has 2 aromatic rings. The fourth-order valence-corrected chi connectivity index (χ4v) is 2.33. The first-order valence-electron chi connectivity index (χ1n) is 5.92. The summed E-state index contributed by atoms with van der Waals surface area (Å²) in [5.41, 5.74) is 5.44. The van der Waals surface area contributed by atoms with E-state index in [1.165, 1.54) is 4.88 Å². The van der Waals surface area contributed by atoms with Gasteiger partial charge < -0.3 is 10.3 Å². The molecule has 0 aliphatic rings. The Kier molecular flexibility index (Phi) is 4.70. The molecule has 0 aliphatic heterocycles. The minimum Gasteiger partial charge on any atom is -0.339 e. The molecule has 17 heavy (non-hydrogen) atoms. The highest BCUT2D eigenvalue weighted by Crippen LogP contribution is 2.13. The lowest BCUT2D eigenvalue weighted by molar-refractivity contribution is 0.369. The molecular weight excluding hydrogens is 234 g/mol. The number of nitrogens with two attached hydrogens (primary N) is 1. The lowest BCUT2D eigenvalue weighted by Gasteiger charge is -1.94. The van der Waals surface area contributed by atoms with Crippen LogP contribution in [0.5, 0.6) is 0 Å². The molecule has 0 unspecified atom stereocenters. The highest BCUT2D eigenvalue weighted by Gasteiger charge is 2.07.